The van der Waals surface area contributed by atoms with E-state index in [9.17, 15) is 14.4 Å². The molecule has 1 saturated carbocycles. The lowest BCUT2D eigenvalue weighted by molar-refractivity contribution is -0.136. The van der Waals surface area contributed by atoms with Gasteiger partial charge in [0.05, 0.1) is 13.2 Å². The van der Waals surface area contributed by atoms with Gasteiger partial charge in [0.2, 0.25) is 5.91 Å². The zero-order chi connectivity index (χ0) is 21.1. The summed E-state index contributed by atoms with van der Waals surface area (Å²) in [7, 11) is 0. The third-order valence-corrected chi connectivity index (χ3v) is 6.43. The summed E-state index contributed by atoms with van der Waals surface area (Å²) in [6.07, 6.45) is 5.26. The van der Waals surface area contributed by atoms with Crippen molar-refractivity contribution in [3.63, 3.8) is 0 Å². The molecule has 0 bridgehead atoms. The fourth-order valence-electron chi connectivity index (χ4n) is 4.61. The highest BCUT2D eigenvalue weighted by atomic mass is 16.5. The van der Waals surface area contributed by atoms with E-state index in [-0.39, 0.29) is 11.8 Å². The molecule has 162 valence electrons. The molecule has 1 aromatic rings. The van der Waals surface area contributed by atoms with Crippen molar-refractivity contribution in [3.05, 3.63) is 24.3 Å². The second-order valence-electron chi connectivity index (χ2n) is 8.41. The topological polar surface area (TPSA) is 91.0 Å². The van der Waals surface area contributed by atoms with Crippen molar-refractivity contribution < 1.29 is 19.1 Å². The first-order valence-electron chi connectivity index (χ1n) is 10.9. The molecule has 0 radical (unpaired) electrons. The zero-order valence-electron chi connectivity index (χ0n) is 17.5. The molecule has 1 spiro atoms. The van der Waals surface area contributed by atoms with Crippen molar-refractivity contribution in [2.75, 3.05) is 36.5 Å². The molecule has 30 heavy (non-hydrogen) atoms. The van der Waals surface area contributed by atoms with Crippen LogP contribution in [0.3, 0.4) is 0 Å². The number of nitrogens with one attached hydrogen (secondary N) is 2. The van der Waals surface area contributed by atoms with E-state index in [1.165, 1.54) is 0 Å². The average molecular weight is 415 g/mol. The van der Waals surface area contributed by atoms with Crippen LogP contribution in [0.25, 0.3) is 0 Å². The van der Waals surface area contributed by atoms with Crippen molar-refractivity contribution >= 4 is 29.2 Å². The van der Waals surface area contributed by atoms with Crippen LogP contribution in [-0.2, 0) is 14.3 Å². The van der Waals surface area contributed by atoms with Crippen LogP contribution in [0.1, 0.15) is 45.4 Å². The van der Waals surface area contributed by atoms with E-state index in [4.69, 9.17) is 4.74 Å². The number of benzene rings is 1. The van der Waals surface area contributed by atoms with Gasteiger partial charge in [-0.2, -0.15) is 0 Å². The third kappa shape index (κ3) is 4.01. The Morgan fingerprint density at radius 3 is 2.33 bits per heavy atom. The zero-order valence-corrected chi connectivity index (χ0v) is 17.5. The predicted octanol–water partition coefficient (Wildman–Crippen LogP) is 2.50. The first-order valence-corrected chi connectivity index (χ1v) is 10.9. The minimum absolute atomic E-state index is 0.264. The number of rotatable bonds is 4. The van der Waals surface area contributed by atoms with Crippen LogP contribution in [0.4, 0.5) is 16.2 Å². The monoisotopic (exact) mass is 414 g/mol. The van der Waals surface area contributed by atoms with Gasteiger partial charge in [-0.3, -0.25) is 9.59 Å². The Bertz CT molecular complexity index is 796. The van der Waals surface area contributed by atoms with Crippen LogP contribution >= 0.6 is 0 Å². The maximum Gasteiger partial charge on any atom is 0.325 e. The fraction of sp³-hybridized carbons (Fsp3) is 0.591. The lowest BCUT2D eigenvalue weighted by Gasteiger charge is -2.29. The Labute approximate surface area is 176 Å². The number of nitrogens with zero attached hydrogens (tertiary/aromatic N) is 2. The van der Waals surface area contributed by atoms with Crippen molar-refractivity contribution in [3.8, 4) is 0 Å². The van der Waals surface area contributed by atoms with Crippen LogP contribution in [0.2, 0.25) is 0 Å². The lowest BCUT2D eigenvalue weighted by atomic mass is 9.90. The number of hydrogen-bond donors (Lipinski definition) is 2. The molecule has 3 fully saturated rings. The molecule has 2 saturated heterocycles. The van der Waals surface area contributed by atoms with Gasteiger partial charge in [-0.05, 0) is 44.0 Å². The number of carbonyl (C=O) groups is 3. The standard InChI is InChI=1S/C22H30N4O4/c1-16(26-20(28)22(24-21(26)29)10-4-2-3-5-11-22)19(27)23-17-6-8-18(9-7-17)25-12-14-30-15-13-25/h6-9,16H,2-5,10-15H2,1H3,(H,23,27)(H,24,29). The maximum atomic E-state index is 13.1. The molecule has 1 aliphatic carbocycles. The number of urea groups is 1. The van der Waals surface area contributed by atoms with E-state index in [1.807, 2.05) is 24.3 Å². The van der Waals surface area contributed by atoms with E-state index in [2.05, 4.69) is 15.5 Å². The summed E-state index contributed by atoms with van der Waals surface area (Å²) < 4.78 is 5.38. The summed E-state index contributed by atoms with van der Waals surface area (Å²) in [5.74, 6) is -0.636. The maximum absolute atomic E-state index is 13.1. The summed E-state index contributed by atoms with van der Waals surface area (Å²) in [6.45, 7) is 4.71. The lowest BCUT2D eigenvalue weighted by Crippen LogP contribution is -2.49. The Morgan fingerprint density at radius 1 is 1.07 bits per heavy atom. The molecular formula is C22H30N4O4. The number of morpholine rings is 1. The smallest absolute Gasteiger partial charge is 0.325 e. The van der Waals surface area contributed by atoms with Gasteiger partial charge in [-0.15, -0.1) is 0 Å². The average Bonchev–Trinajstić information content (AvgIpc) is 2.90. The Morgan fingerprint density at radius 2 is 1.70 bits per heavy atom. The van der Waals surface area contributed by atoms with Gasteiger partial charge in [-0.1, -0.05) is 25.7 Å². The second kappa shape index (κ2) is 8.63. The van der Waals surface area contributed by atoms with Crippen LogP contribution < -0.4 is 15.5 Å². The first-order chi connectivity index (χ1) is 14.5. The van der Waals surface area contributed by atoms with E-state index in [0.29, 0.717) is 31.7 Å². The summed E-state index contributed by atoms with van der Waals surface area (Å²) >= 11 is 0. The Hall–Kier alpha value is -2.61. The summed E-state index contributed by atoms with van der Waals surface area (Å²) in [6, 6.07) is 6.26. The van der Waals surface area contributed by atoms with Gasteiger partial charge in [0.25, 0.3) is 5.91 Å². The van der Waals surface area contributed by atoms with Crippen LogP contribution in [0, 0.1) is 0 Å². The second-order valence-corrected chi connectivity index (χ2v) is 8.41. The quantitative estimate of drug-likeness (QED) is 0.739. The molecular weight excluding hydrogens is 384 g/mol. The number of imide groups is 1. The Balaban J connectivity index is 1.40. The van der Waals surface area contributed by atoms with Gasteiger partial charge in [0, 0.05) is 24.5 Å². The van der Waals surface area contributed by atoms with Gasteiger partial charge >= 0.3 is 6.03 Å². The molecule has 1 atom stereocenters. The van der Waals surface area contributed by atoms with Gasteiger partial charge in [-0.25, -0.2) is 9.69 Å². The fourth-order valence-corrected chi connectivity index (χ4v) is 4.61. The number of amides is 4. The normalized spacial score (nSPS) is 22.6. The van der Waals surface area contributed by atoms with Crippen molar-refractivity contribution in [2.24, 2.45) is 0 Å². The van der Waals surface area contributed by atoms with E-state index in [0.717, 1.165) is 49.4 Å². The third-order valence-electron chi connectivity index (χ3n) is 6.43. The van der Waals surface area contributed by atoms with Crippen molar-refractivity contribution in [1.29, 1.82) is 0 Å². The summed E-state index contributed by atoms with van der Waals surface area (Å²) in [4.78, 5) is 41.8. The molecule has 8 nitrogen and oxygen atoms in total. The molecule has 2 aliphatic heterocycles. The van der Waals surface area contributed by atoms with Crippen LogP contribution in [0.15, 0.2) is 24.3 Å². The minimum atomic E-state index is -0.876. The van der Waals surface area contributed by atoms with Gasteiger partial charge in [0.15, 0.2) is 0 Å². The van der Waals surface area contributed by atoms with Gasteiger partial charge in [0.1, 0.15) is 11.6 Å². The van der Waals surface area contributed by atoms with E-state index >= 15 is 0 Å². The molecule has 8 heteroatoms. The van der Waals surface area contributed by atoms with E-state index < -0.39 is 17.6 Å². The molecule has 0 aromatic heterocycles. The highest BCUT2D eigenvalue weighted by Crippen LogP contribution is 2.33. The molecule has 1 unspecified atom stereocenters. The number of carbonyl (C=O) groups excluding carboxylic acids is 3. The Kier molecular flexibility index (Phi) is 5.94. The van der Waals surface area contributed by atoms with Gasteiger partial charge < -0.3 is 20.3 Å². The summed E-state index contributed by atoms with van der Waals surface area (Å²) in [5.41, 5.74) is 0.885. The molecule has 1 aromatic carbocycles. The van der Waals surface area contributed by atoms with Crippen molar-refractivity contribution in [2.45, 2.75) is 57.0 Å². The summed E-state index contributed by atoms with van der Waals surface area (Å²) in [5, 5.41) is 5.73. The van der Waals surface area contributed by atoms with Crippen LogP contribution in [-0.4, -0.2) is 60.6 Å². The number of hydrogen-bond acceptors (Lipinski definition) is 5. The molecule has 2 heterocycles. The van der Waals surface area contributed by atoms with Crippen molar-refractivity contribution in [1.82, 2.24) is 10.2 Å². The highest BCUT2D eigenvalue weighted by Gasteiger charge is 2.53. The van der Waals surface area contributed by atoms with Crippen LogP contribution in [0.5, 0.6) is 0 Å². The molecule has 4 amide bonds. The molecule has 4 rings (SSSR count). The minimum Gasteiger partial charge on any atom is -0.378 e. The number of anilines is 2. The highest BCUT2D eigenvalue weighted by molar-refractivity contribution is 6.11. The molecule has 3 aliphatic rings. The first kappa shape index (κ1) is 20.7. The van der Waals surface area contributed by atoms with E-state index in [1.54, 1.807) is 6.92 Å². The largest absolute Gasteiger partial charge is 0.378 e. The molecule has 2 N–H and O–H groups in total. The SMILES string of the molecule is CC(C(=O)Nc1ccc(N2CCOCC2)cc1)N1C(=O)NC2(CCCCCC2)C1=O. The predicted molar refractivity (Wildman–Crippen MR) is 113 cm³/mol. The number of ether oxygens (including phenoxy) is 1.